The van der Waals surface area contributed by atoms with E-state index in [0.29, 0.717) is 0 Å². The number of hydrogen-bond acceptors (Lipinski definition) is 3. The Morgan fingerprint density at radius 3 is 2.52 bits per heavy atom. The number of benzene rings is 2. The minimum absolute atomic E-state index is 0.127. The van der Waals surface area contributed by atoms with E-state index >= 15 is 0 Å². The van der Waals surface area contributed by atoms with Gasteiger partial charge < -0.3 is 5.32 Å². The van der Waals surface area contributed by atoms with Crippen molar-refractivity contribution in [2.75, 3.05) is 11.9 Å². The Labute approximate surface area is 150 Å². The second-order valence-corrected chi connectivity index (χ2v) is 6.30. The largest absolute Gasteiger partial charge is 0.376 e. The smallest absolute Gasteiger partial charge is 0.257 e. The molecule has 2 rings (SSSR count). The fourth-order valence-electron chi connectivity index (χ4n) is 2.11. The second-order valence-electron chi connectivity index (χ2n) is 5.05. The summed E-state index contributed by atoms with van der Waals surface area (Å²) in [6.45, 7) is 4.16. The molecule has 0 aliphatic rings. The number of nitrogens with one attached hydrogen (secondary N) is 3. The first kappa shape index (κ1) is 17.3. The number of anilines is 1. The fourth-order valence-corrected chi connectivity index (χ4v) is 2.76. The lowest BCUT2D eigenvalue weighted by molar-refractivity contribution is -0.120. The van der Waals surface area contributed by atoms with Gasteiger partial charge in [-0.15, -0.1) is 0 Å². The molecular weight excluding hydrogens is 401 g/mol. The number of hydrazine groups is 1. The van der Waals surface area contributed by atoms with E-state index in [1.807, 2.05) is 62.4 Å². The van der Waals surface area contributed by atoms with Crippen molar-refractivity contribution in [2.45, 2.75) is 13.8 Å². The first-order valence-electron chi connectivity index (χ1n) is 7.36. The standard InChI is InChI=1S/C18H20IN3O/c1-3-16(14-7-5-4-6-8-14)21-22-18(23)12-20-17-10-9-15(19)11-13(17)2/h3-11,20-21H,12H2,1-2H3,(H,22,23)/b16-3-. The molecule has 120 valence electrons. The van der Waals surface area contributed by atoms with Crippen LogP contribution in [0, 0.1) is 10.5 Å². The molecule has 0 aromatic heterocycles. The molecule has 0 saturated carbocycles. The van der Waals surface area contributed by atoms with Gasteiger partial charge in [-0.1, -0.05) is 36.4 Å². The van der Waals surface area contributed by atoms with Gasteiger partial charge in [0.15, 0.2) is 0 Å². The van der Waals surface area contributed by atoms with Crippen LogP contribution in [0.15, 0.2) is 54.6 Å². The average molecular weight is 421 g/mol. The summed E-state index contributed by atoms with van der Waals surface area (Å²) in [5, 5.41) is 3.15. The Bertz CT molecular complexity index is 699. The van der Waals surface area contributed by atoms with Gasteiger partial charge in [-0.25, -0.2) is 0 Å². The van der Waals surface area contributed by atoms with Crippen LogP contribution in [0.25, 0.3) is 5.70 Å². The highest BCUT2D eigenvalue weighted by atomic mass is 127. The Kier molecular flexibility index (Phi) is 6.46. The quantitative estimate of drug-likeness (QED) is 0.493. The number of carbonyl (C=O) groups is 1. The van der Waals surface area contributed by atoms with Gasteiger partial charge in [0.1, 0.15) is 0 Å². The minimum atomic E-state index is -0.127. The maximum Gasteiger partial charge on any atom is 0.257 e. The lowest BCUT2D eigenvalue weighted by Crippen LogP contribution is -2.39. The van der Waals surface area contributed by atoms with E-state index in [0.717, 1.165) is 22.5 Å². The van der Waals surface area contributed by atoms with Gasteiger partial charge in [-0.05, 0) is 65.8 Å². The van der Waals surface area contributed by atoms with Crippen LogP contribution in [0.3, 0.4) is 0 Å². The molecule has 0 heterocycles. The van der Waals surface area contributed by atoms with Gasteiger partial charge >= 0.3 is 0 Å². The van der Waals surface area contributed by atoms with Crippen molar-refractivity contribution in [3.05, 3.63) is 69.3 Å². The third-order valence-corrected chi connectivity index (χ3v) is 4.01. The van der Waals surface area contributed by atoms with Crippen molar-refractivity contribution in [3.8, 4) is 0 Å². The van der Waals surface area contributed by atoms with Crippen LogP contribution in [0.2, 0.25) is 0 Å². The van der Waals surface area contributed by atoms with E-state index in [9.17, 15) is 4.79 Å². The normalized spacial score (nSPS) is 11.0. The topological polar surface area (TPSA) is 53.2 Å². The fraction of sp³-hybridized carbons (Fsp3) is 0.167. The molecule has 4 nitrogen and oxygen atoms in total. The van der Waals surface area contributed by atoms with E-state index in [4.69, 9.17) is 0 Å². The van der Waals surface area contributed by atoms with Crippen molar-refractivity contribution >= 4 is 39.9 Å². The molecule has 0 aliphatic carbocycles. The zero-order chi connectivity index (χ0) is 16.7. The van der Waals surface area contributed by atoms with Gasteiger partial charge in [-0.2, -0.15) is 0 Å². The Hall–Kier alpha value is -2.02. The number of rotatable bonds is 6. The van der Waals surface area contributed by atoms with Crippen molar-refractivity contribution in [1.29, 1.82) is 0 Å². The number of carbonyl (C=O) groups excluding carboxylic acids is 1. The zero-order valence-electron chi connectivity index (χ0n) is 13.2. The van der Waals surface area contributed by atoms with Crippen LogP contribution >= 0.6 is 22.6 Å². The molecule has 2 aromatic carbocycles. The number of amides is 1. The van der Waals surface area contributed by atoms with E-state index in [-0.39, 0.29) is 12.5 Å². The van der Waals surface area contributed by atoms with E-state index in [2.05, 4.69) is 44.8 Å². The summed E-state index contributed by atoms with van der Waals surface area (Å²) in [4.78, 5) is 12.0. The molecule has 3 N–H and O–H groups in total. The summed E-state index contributed by atoms with van der Waals surface area (Å²) in [7, 11) is 0. The summed E-state index contributed by atoms with van der Waals surface area (Å²) in [5.41, 5.74) is 9.66. The molecule has 2 aromatic rings. The molecule has 5 heteroatoms. The molecule has 0 atom stereocenters. The molecule has 0 radical (unpaired) electrons. The van der Waals surface area contributed by atoms with Crippen LogP contribution in [0.1, 0.15) is 18.1 Å². The highest BCUT2D eigenvalue weighted by Crippen LogP contribution is 2.17. The molecule has 0 unspecified atom stereocenters. The highest BCUT2D eigenvalue weighted by molar-refractivity contribution is 14.1. The Morgan fingerprint density at radius 2 is 1.87 bits per heavy atom. The molecule has 0 bridgehead atoms. The summed E-state index contributed by atoms with van der Waals surface area (Å²) >= 11 is 2.27. The minimum Gasteiger partial charge on any atom is -0.376 e. The molecule has 1 amide bonds. The summed E-state index contributed by atoms with van der Waals surface area (Å²) in [6.07, 6.45) is 1.92. The molecule has 0 saturated heterocycles. The monoisotopic (exact) mass is 421 g/mol. The molecular formula is C18H20IN3O. The maximum atomic E-state index is 12.0. The van der Waals surface area contributed by atoms with Gasteiger partial charge in [0.05, 0.1) is 12.2 Å². The van der Waals surface area contributed by atoms with Gasteiger partial charge in [0.2, 0.25) is 0 Å². The predicted octanol–water partition coefficient (Wildman–Crippen LogP) is 3.69. The van der Waals surface area contributed by atoms with E-state index in [1.54, 1.807) is 0 Å². The lowest BCUT2D eigenvalue weighted by atomic mass is 10.1. The van der Waals surface area contributed by atoms with E-state index in [1.165, 1.54) is 3.57 Å². The SMILES string of the molecule is C/C=C(\NNC(=O)CNc1ccc(I)cc1C)c1ccccc1. The van der Waals surface area contributed by atoms with Gasteiger partial charge in [-0.3, -0.25) is 15.6 Å². The van der Waals surface area contributed by atoms with Crippen LogP contribution in [-0.2, 0) is 4.79 Å². The molecule has 0 aliphatic heterocycles. The van der Waals surface area contributed by atoms with Crippen molar-refractivity contribution in [1.82, 2.24) is 10.9 Å². The molecule has 0 fully saturated rings. The maximum absolute atomic E-state index is 12.0. The molecule has 0 spiro atoms. The number of halogens is 1. The third kappa shape index (κ3) is 5.28. The third-order valence-electron chi connectivity index (χ3n) is 3.34. The Balaban J connectivity index is 1.85. The van der Waals surface area contributed by atoms with Gasteiger partial charge in [0, 0.05) is 9.26 Å². The number of allylic oxidation sites excluding steroid dienone is 1. The van der Waals surface area contributed by atoms with Crippen molar-refractivity contribution in [2.24, 2.45) is 0 Å². The van der Waals surface area contributed by atoms with Crippen molar-refractivity contribution < 1.29 is 4.79 Å². The van der Waals surface area contributed by atoms with Crippen LogP contribution in [-0.4, -0.2) is 12.5 Å². The zero-order valence-corrected chi connectivity index (χ0v) is 15.3. The number of aryl methyl sites for hydroxylation is 1. The van der Waals surface area contributed by atoms with Crippen LogP contribution in [0.4, 0.5) is 5.69 Å². The highest BCUT2D eigenvalue weighted by Gasteiger charge is 2.05. The lowest BCUT2D eigenvalue weighted by Gasteiger charge is -2.14. The van der Waals surface area contributed by atoms with E-state index < -0.39 is 0 Å². The summed E-state index contributed by atoms with van der Waals surface area (Å²) < 4.78 is 1.18. The first-order valence-corrected chi connectivity index (χ1v) is 8.44. The number of hydrogen-bond donors (Lipinski definition) is 3. The predicted molar refractivity (Wildman–Crippen MR) is 104 cm³/mol. The van der Waals surface area contributed by atoms with Gasteiger partial charge in [0.25, 0.3) is 5.91 Å². The van der Waals surface area contributed by atoms with Crippen LogP contribution in [0.5, 0.6) is 0 Å². The molecule has 23 heavy (non-hydrogen) atoms. The second kappa shape index (κ2) is 8.57. The Morgan fingerprint density at radius 1 is 1.13 bits per heavy atom. The summed E-state index contributed by atoms with van der Waals surface area (Å²) in [6, 6.07) is 15.9. The first-order chi connectivity index (χ1) is 11.1. The average Bonchev–Trinajstić information content (AvgIpc) is 2.55. The van der Waals surface area contributed by atoms with Crippen LogP contribution < -0.4 is 16.2 Å². The van der Waals surface area contributed by atoms with Crippen molar-refractivity contribution in [3.63, 3.8) is 0 Å². The summed E-state index contributed by atoms with van der Waals surface area (Å²) in [5.74, 6) is -0.127.